The molecule has 1 aliphatic rings. The molecule has 11 nitrogen and oxygen atoms in total. The Kier molecular flexibility index (Phi) is 8.80. The van der Waals surface area contributed by atoms with Crippen LogP contribution in [0, 0.1) is 18.3 Å². The lowest BCUT2D eigenvalue weighted by atomic mass is 10.0. The summed E-state index contributed by atoms with van der Waals surface area (Å²) in [6, 6.07) is 10.8. The molecule has 1 fully saturated rings. The fraction of sp³-hybridized carbons (Fsp3) is 0.367. The number of benzene rings is 2. The van der Waals surface area contributed by atoms with E-state index in [1.807, 2.05) is 29.7 Å². The summed E-state index contributed by atoms with van der Waals surface area (Å²) in [6.45, 7) is 4.11. The fourth-order valence-corrected chi connectivity index (χ4v) is 5.68. The van der Waals surface area contributed by atoms with Crippen molar-refractivity contribution in [3.05, 3.63) is 54.0 Å². The van der Waals surface area contributed by atoms with E-state index in [0.29, 0.717) is 29.1 Å². The summed E-state index contributed by atoms with van der Waals surface area (Å²) in [6.07, 6.45) is 9.09. The maximum Gasteiger partial charge on any atom is 0.229 e. The third-order valence-electron chi connectivity index (χ3n) is 7.66. The smallest absolute Gasteiger partial charge is 0.229 e. The molecule has 0 radical (unpaired) electrons. The molecule has 0 atom stereocenters. The molecule has 0 saturated carbocycles. The van der Waals surface area contributed by atoms with E-state index in [-0.39, 0.29) is 0 Å². The average molecular weight is 585 g/mol. The van der Waals surface area contributed by atoms with Gasteiger partial charge in [0.25, 0.3) is 0 Å². The topological polar surface area (TPSA) is 118 Å². The molecule has 0 spiro atoms. The first-order valence-electron chi connectivity index (χ1n) is 13.8. The lowest BCUT2D eigenvalue weighted by Gasteiger charge is -2.37. The maximum atomic E-state index is 9.84. The predicted molar refractivity (Wildman–Crippen MR) is 171 cm³/mol. The number of piperidine rings is 1. The van der Waals surface area contributed by atoms with Gasteiger partial charge in [0.05, 0.1) is 35.9 Å². The van der Waals surface area contributed by atoms with Crippen molar-refractivity contribution in [2.24, 2.45) is 0 Å². The second kappa shape index (κ2) is 12.7. The molecule has 0 aliphatic carbocycles. The van der Waals surface area contributed by atoms with Crippen LogP contribution < -0.4 is 24.6 Å². The predicted octanol–water partition coefficient (Wildman–Crippen LogP) is 5.34. The first-order chi connectivity index (χ1) is 20.3. The monoisotopic (exact) mass is 584 g/mol. The minimum absolute atomic E-state index is 0.317. The Labute approximate surface area is 251 Å². The third-order valence-corrected chi connectivity index (χ3v) is 8.40. The Bertz CT molecular complexity index is 1610. The highest BCUT2D eigenvalue weighted by Gasteiger charge is 2.23. The van der Waals surface area contributed by atoms with Crippen molar-refractivity contribution in [3.63, 3.8) is 0 Å². The molecule has 218 valence electrons. The molecule has 3 heterocycles. The zero-order valence-corrected chi connectivity index (χ0v) is 25.7. The van der Waals surface area contributed by atoms with Gasteiger partial charge in [-0.15, -0.1) is 0 Å². The number of hydrogen-bond donors (Lipinski definition) is 2. The Hall–Kier alpha value is -4.34. The van der Waals surface area contributed by atoms with E-state index >= 15 is 0 Å². The van der Waals surface area contributed by atoms with Crippen LogP contribution in [-0.4, -0.2) is 78.5 Å². The van der Waals surface area contributed by atoms with E-state index in [1.165, 1.54) is 11.9 Å². The van der Waals surface area contributed by atoms with Gasteiger partial charge in [-0.05, 0) is 57.6 Å². The number of aryl methyl sites for hydroxylation is 1. The van der Waals surface area contributed by atoms with Gasteiger partial charge in [-0.25, -0.2) is 4.98 Å². The molecule has 0 amide bonds. The lowest BCUT2D eigenvalue weighted by Crippen LogP contribution is -2.42. The van der Waals surface area contributed by atoms with Crippen molar-refractivity contribution in [3.8, 4) is 11.8 Å². The van der Waals surface area contributed by atoms with Crippen molar-refractivity contribution in [2.45, 2.75) is 25.8 Å². The van der Waals surface area contributed by atoms with Gasteiger partial charge >= 0.3 is 0 Å². The van der Waals surface area contributed by atoms with Crippen molar-refractivity contribution in [2.75, 3.05) is 67.4 Å². The van der Waals surface area contributed by atoms with Crippen LogP contribution in [0.1, 0.15) is 24.0 Å². The number of nitriles is 1. The quantitative estimate of drug-likeness (QED) is 0.247. The molecule has 2 N–H and O–H groups in total. The van der Waals surface area contributed by atoms with Crippen LogP contribution in [0.25, 0.3) is 11.0 Å². The Balaban J connectivity index is 1.44. The van der Waals surface area contributed by atoms with Crippen LogP contribution in [-0.2, 0) is 0 Å². The van der Waals surface area contributed by atoms with Crippen LogP contribution in [0.5, 0.6) is 5.75 Å². The molecule has 2 aromatic heterocycles. The summed E-state index contributed by atoms with van der Waals surface area (Å²) in [4.78, 5) is 22.9. The van der Waals surface area contributed by atoms with Crippen LogP contribution in [0.2, 0.25) is 0 Å². The molecule has 5 rings (SSSR count). The number of fused-ring (bicyclic) bond motifs is 1. The number of ether oxygens (including phenoxy) is 1. The third kappa shape index (κ3) is 5.98. The summed E-state index contributed by atoms with van der Waals surface area (Å²) in [5, 5.41) is 16.5. The number of nitrogens with one attached hydrogen (secondary N) is 2. The minimum atomic E-state index is 0.317. The van der Waals surface area contributed by atoms with Crippen LogP contribution in [0.4, 0.5) is 34.5 Å². The van der Waals surface area contributed by atoms with Crippen molar-refractivity contribution in [1.29, 1.82) is 5.26 Å². The highest BCUT2D eigenvalue weighted by atomic mass is 32.2. The largest absolute Gasteiger partial charge is 0.494 e. The zero-order chi connectivity index (χ0) is 29.8. The summed E-state index contributed by atoms with van der Waals surface area (Å²) in [5.41, 5.74) is 6.48. The summed E-state index contributed by atoms with van der Waals surface area (Å²) >= 11 is 1.55. The highest BCUT2D eigenvalue weighted by molar-refractivity contribution is 7.99. The van der Waals surface area contributed by atoms with Crippen LogP contribution in [0.3, 0.4) is 0 Å². The van der Waals surface area contributed by atoms with E-state index in [2.05, 4.69) is 74.6 Å². The molecule has 0 bridgehead atoms. The van der Waals surface area contributed by atoms with Crippen LogP contribution in [0.15, 0.2) is 42.9 Å². The average Bonchev–Trinajstić information content (AvgIpc) is 3.01. The van der Waals surface area contributed by atoms with Gasteiger partial charge in [0, 0.05) is 56.6 Å². The molecule has 12 heteroatoms. The second-order valence-electron chi connectivity index (χ2n) is 10.4. The number of nitrogens with zero attached hydrogens (tertiary/aromatic N) is 8. The summed E-state index contributed by atoms with van der Waals surface area (Å²) in [7, 11) is 7.93. The van der Waals surface area contributed by atoms with Crippen LogP contribution >= 0.6 is 11.9 Å². The van der Waals surface area contributed by atoms with E-state index in [9.17, 15) is 5.26 Å². The molecule has 1 aliphatic heterocycles. The van der Waals surface area contributed by atoms with E-state index in [0.717, 1.165) is 59.6 Å². The van der Waals surface area contributed by atoms with E-state index in [4.69, 9.17) is 9.72 Å². The number of methoxy groups -OCH3 is 1. The SMILES string of the molecule is COc1cc(N2CCC(N(C)C)CC2)c(C)cc1Nc1ncc(C#N)c(Nc2ccc3nccnc3c2N(C)SC)n1. The van der Waals surface area contributed by atoms with Crippen molar-refractivity contribution in [1.82, 2.24) is 24.8 Å². The molecule has 42 heavy (non-hydrogen) atoms. The first-order valence-corrected chi connectivity index (χ1v) is 14.9. The van der Waals surface area contributed by atoms with Gasteiger partial charge in [0.15, 0.2) is 5.82 Å². The van der Waals surface area contributed by atoms with Gasteiger partial charge < -0.3 is 29.5 Å². The molecule has 1 saturated heterocycles. The standard InChI is InChI=1S/C30H36N10OS/c1-19-15-24(26(41-5)16-25(19)40-13-9-21(10-14-40)38(2)3)36-30-34-18-20(17-31)29(37-30)35-23-8-7-22-27(33-12-11-32-22)28(23)39(4)42-6/h7-8,11-12,15-16,18,21H,9-10,13-14H2,1-6H3,(H2,34,35,36,37). The zero-order valence-electron chi connectivity index (χ0n) is 24.8. The van der Waals surface area contributed by atoms with Gasteiger partial charge in [-0.3, -0.25) is 9.97 Å². The number of rotatable bonds is 9. The normalized spacial score (nSPS) is 13.7. The molecular weight excluding hydrogens is 548 g/mol. The van der Waals surface area contributed by atoms with E-state index < -0.39 is 0 Å². The molecule has 0 unspecified atom stereocenters. The van der Waals surface area contributed by atoms with Gasteiger partial charge in [-0.1, -0.05) is 11.9 Å². The van der Waals surface area contributed by atoms with E-state index in [1.54, 1.807) is 31.5 Å². The highest BCUT2D eigenvalue weighted by Crippen LogP contribution is 2.38. The Morgan fingerprint density at radius 1 is 1.05 bits per heavy atom. The fourth-order valence-electron chi connectivity index (χ4n) is 5.31. The first kappa shape index (κ1) is 29.2. The Morgan fingerprint density at radius 2 is 1.81 bits per heavy atom. The molecular formula is C30H36N10OS. The number of hydrogen-bond acceptors (Lipinski definition) is 12. The van der Waals surface area contributed by atoms with Gasteiger partial charge in [0.2, 0.25) is 5.95 Å². The molecule has 4 aromatic rings. The maximum absolute atomic E-state index is 9.84. The number of anilines is 6. The minimum Gasteiger partial charge on any atom is -0.494 e. The summed E-state index contributed by atoms with van der Waals surface area (Å²) in [5.74, 6) is 1.42. The number of aromatic nitrogens is 4. The van der Waals surface area contributed by atoms with Crippen molar-refractivity contribution < 1.29 is 4.74 Å². The van der Waals surface area contributed by atoms with Crippen molar-refractivity contribution >= 4 is 57.5 Å². The Morgan fingerprint density at radius 3 is 2.50 bits per heavy atom. The second-order valence-corrected chi connectivity index (χ2v) is 11.3. The lowest BCUT2D eigenvalue weighted by molar-refractivity contribution is 0.249. The summed E-state index contributed by atoms with van der Waals surface area (Å²) < 4.78 is 7.79. The van der Waals surface area contributed by atoms with Gasteiger partial charge in [-0.2, -0.15) is 10.2 Å². The van der Waals surface area contributed by atoms with Gasteiger partial charge in [0.1, 0.15) is 22.9 Å². The molecule has 2 aromatic carbocycles.